The number of carbonyl (C=O) groups is 1. The highest BCUT2D eigenvalue weighted by molar-refractivity contribution is 5.67. The summed E-state index contributed by atoms with van der Waals surface area (Å²) >= 11 is 0. The molecule has 0 spiro atoms. The Morgan fingerprint density at radius 2 is 2.19 bits per heavy atom. The molecule has 0 radical (unpaired) electrons. The van der Waals surface area contributed by atoms with Crippen LogP contribution in [0.2, 0.25) is 0 Å². The molecule has 21 heavy (non-hydrogen) atoms. The zero-order chi connectivity index (χ0) is 16.0. The monoisotopic (exact) mass is 290 g/mol. The summed E-state index contributed by atoms with van der Waals surface area (Å²) in [7, 11) is 1.87. The standard InChI is InChI=1S/C15H22N4O2/c1-11(10-17-14(20)21-15(2,3)4)19(5)13-8-6-7-12(9-16)18-13/h6-8,11H,10H2,1-5H3,(H,17,20). The molecule has 1 rings (SSSR count). The van der Waals surface area contributed by atoms with E-state index in [0.29, 0.717) is 18.1 Å². The molecule has 0 saturated heterocycles. The fraction of sp³-hybridized carbons (Fsp3) is 0.533. The van der Waals surface area contributed by atoms with Gasteiger partial charge in [-0.3, -0.25) is 0 Å². The van der Waals surface area contributed by atoms with Crippen molar-refractivity contribution in [2.75, 3.05) is 18.5 Å². The van der Waals surface area contributed by atoms with E-state index in [1.165, 1.54) is 0 Å². The van der Waals surface area contributed by atoms with Crippen molar-refractivity contribution in [3.63, 3.8) is 0 Å². The molecule has 0 aromatic carbocycles. The zero-order valence-electron chi connectivity index (χ0n) is 13.2. The van der Waals surface area contributed by atoms with Gasteiger partial charge < -0.3 is 15.0 Å². The second kappa shape index (κ2) is 6.93. The highest BCUT2D eigenvalue weighted by atomic mass is 16.6. The lowest BCUT2D eigenvalue weighted by Gasteiger charge is -2.27. The number of aromatic nitrogens is 1. The number of hydrogen-bond acceptors (Lipinski definition) is 5. The van der Waals surface area contributed by atoms with Crippen LogP contribution in [0.1, 0.15) is 33.4 Å². The smallest absolute Gasteiger partial charge is 0.407 e. The number of nitriles is 1. The maximum atomic E-state index is 11.6. The molecule has 0 aliphatic carbocycles. The van der Waals surface area contributed by atoms with E-state index in [1.807, 2.05) is 51.8 Å². The quantitative estimate of drug-likeness (QED) is 0.920. The van der Waals surface area contributed by atoms with Crippen LogP contribution in [-0.4, -0.2) is 36.3 Å². The highest BCUT2D eigenvalue weighted by Crippen LogP contribution is 2.12. The summed E-state index contributed by atoms with van der Waals surface area (Å²) < 4.78 is 5.18. The summed E-state index contributed by atoms with van der Waals surface area (Å²) in [5.74, 6) is 0.688. The number of nitrogens with one attached hydrogen (secondary N) is 1. The Balaban J connectivity index is 2.57. The molecule has 0 bridgehead atoms. The van der Waals surface area contributed by atoms with E-state index >= 15 is 0 Å². The van der Waals surface area contributed by atoms with Crippen molar-refractivity contribution in [1.29, 1.82) is 5.26 Å². The molecule has 1 atom stereocenters. The molecular formula is C15H22N4O2. The Kier molecular flexibility index (Phi) is 5.53. The number of rotatable bonds is 4. The molecule has 1 unspecified atom stereocenters. The molecule has 0 aliphatic rings. The van der Waals surface area contributed by atoms with Crippen LogP contribution in [0, 0.1) is 11.3 Å². The number of ether oxygens (including phenoxy) is 1. The van der Waals surface area contributed by atoms with E-state index in [0.717, 1.165) is 0 Å². The average Bonchev–Trinajstić information content (AvgIpc) is 2.42. The summed E-state index contributed by atoms with van der Waals surface area (Å²) in [5, 5.41) is 11.6. The molecular weight excluding hydrogens is 268 g/mol. The van der Waals surface area contributed by atoms with Crippen LogP contribution in [0.25, 0.3) is 0 Å². The first-order valence-electron chi connectivity index (χ1n) is 6.80. The molecule has 1 amide bonds. The summed E-state index contributed by atoms with van der Waals surface area (Å²) in [4.78, 5) is 17.7. The molecule has 1 heterocycles. The maximum absolute atomic E-state index is 11.6. The molecule has 6 heteroatoms. The minimum atomic E-state index is -0.512. The molecule has 1 aromatic heterocycles. The van der Waals surface area contributed by atoms with Crippen molar-refractivity contribution in [3.05, 3.63) is 23.9 Å². The Morgan fingerprint density at radius 3 is 2.76 bits per heavy atom. The summed E-state index contributed by atoms with van der Waals surface area (Å²) in [6.07, 6.45) is -0.443. The average molecular weight is 290 g/mol. The Bertz CT molecular complexity index is 531. The lowest BCUT2D eigenvalue weighted by molar-refractivity contribution is 0.0525. The minimum Gasteiger partial charge on any atom is -0.444 e. The van der Waals surface area contributed by atoms with Crippen LogP contribution in [0.3, 0.4) is 0 Å². The first-order valence-corrected chi connectivity index (χ1v) is 6.80. The fourth-order valence-electron chi connectivity index (χ4n) is 1.59. The number of carbonyl (C=O) groups excluding carboxylic acids is 1. The topological polar surface area (TPSA) is 78.2 Å². The van der Waals surface area contributed by atoms with Gasteiger partial charge in [-0.25, -0.2) is 9.78 Å². The van der Waals surface area contributed by atoms with Crippen LogP contribution >= 0.6 is 0 Å². The van der Waals surface area contributed by atoms with Crippen molar-refractivity contribution in [2.45, 2.75) is 39.3 Å². The van der Waals surface area contributed by atoms with Crippen molar-refractivity contribution >= 4 is 11.9 Å². The Hall–Kier alpha value is -2.29. The van der Waals surface area contributed by atoms with Gasteiger partial charge in [0.1, 0.15) is 23.2 Å². The summed E-state index contributed by atoms with van der Waals surface area (Å²) in [6, 6.07) is 7.28. The van der Waals surface area contributed by atoms with Gasteiger partial charge in [0.05, 0.1) is 0 Å². The van der Waals surface area contributed by atoms with Gasteiger partial charge in [0.25, 0.3) is 0 Å². The van der Waals surface area contributed by atoms with Gasteiger partial charge in [0.15, 0.2) is 0 Å². The van der Waals surface area contributed by atoms with Crippen molar-refractivity contribution in [3.8, 4) is 6.07 Å². The van der Waals surface area contributed by atoms with E-state index in [9.17, 15) is 4.79 Å². The molecule has 1 N–H and O–H groups in total. The lowest BCUT2D eigenvalue weighted by Crippen LogP contribution is -2.42. The Labute approximate surface area is 125 Å². The molecule has 0 fully saturated rings. The van der Waals surface area contributed by atoms with Gasteiger partial charge in [-0.1, -0.05) is 6.07 Å². The predicted octanol–water partition coefficient (Wildman–Crippen LogP) is 2.30. The van der Waals surface area contributed by atoms with E-state index in [-0.39, 0.29) is 6.04 Å². The second-order valence-corrected chi connectivity index (χ2v) is 5.84. The van der Waals surface area contributed by atoms with Gasteiger partial charge >= 0.3 is 6.09 Å². The van der Waals surface area contributed by atoms with Crippen molar-refractivity contribution in [2.24, 2.45) is 0 Å². The van der Waals surface area contributed by atoms with Gasteiger partial charge in [0, 0.05) is 19.6 Å². The van der Waals surface area contributed by atoms with E-state index < -0.39 is 11.7 Å². The van der Waals surface area contributed by atoms with Gasteiger partial charge in [-0.05, 0) is 39.8 Å². The number of hydrogen-bond donors (Lipinski definition) is 1. The number of pyridine rings is 1. The highest BCUT2D eigenvalue weighted by Gasteiger charge is 2.18. The van der Waals surface area contributed by atoms with E-state index in [1.54, 1.807) is 12.1 Å². The molecule has 0 aliphatic heterocycles. The molecule has 0 saturated carbocycles. The molecule has 6 nitrogen and oxygen atoms in total. The maximum Gasteiger partial charge on any atom is 0.407 e. The van der Waals surface area contributed by atoms with E-state index in [2.05, 4.69) is 10.3 Å². The van der Waals surface area contributed by atoms with Gasteiger partial charge in [0.2, 0.25) is 0 Å². The third-order valence-electron chi connectivity index (χ3n) is 2.81. The summed E-state index contributed by atoms with van der Waals surface area (Å²) in [6.45, 7) is 7.83. The van der Waals surface area contributed by atoms with Gasteiger partial charge in [-0.15, -0.1) is 0 Å². The van der Waals surface area contributed by atoms with Crippen molar-refractivity contribution < 1.29 is 9.53 Å². The van der Waals surface area contributed by atoms with Crippen LogP contribution in [0.4, 0.5) is 10.6 Å². The van der Waals surface area contributed by atoms with Gasteiger partial charge in [-0.2, -0.15) is 5.26 Å². The molecule has 1 aromatic rings. The first kappa shape index (κ1) is 16.8. The minimum absolute atomic E-state index is 0.0129. The molecule has 114 valence electrons. The number of alkyl carbamates (subject to hydrolysis) is 1. The largest absolute Gasteiger partial charge is 0.444 e. The third-order valence-corrected chi connectivity index (χ3v) is 2.81. The van der Waals surface area contributed by atoms with Crippen LogP contribution < -0.4 is 10.2 Å². The number of nitrogens with zero attached hydrogens (tertiary/aromatic N) is 3. The first-order chi connectivity index (χ1) is 9.73. The van der Waals surface area contributed by atoms with Crippen LogP contribution in [0.15, 0.2) is 18.2 Å². The van der Waals surface area contributed by atoms with Crippen LogP contribution in [0.5, 0.6) is 0 Å². The third kappa shape index (κ3) is 5.69. The fourth-order valence-corrected chi connectivity index (χ4v) is 1.59. The predicted molar refractivity (Wildman–Crippen MR) is 81.1 cm³/mol. The second-order valence-electron chi connectivity index (χ2n) is 5.84. The number of amides is 1. The summed E-state index contributed by atoms with van der Waals surface area (Å²) in [5.41, 5.74) is -0.145. The SMILES string of the molecule is CC(CNC(=O)OC(C)(C)C)N(C)c1cccc(C#N)n1. The zero-order valence-corrected chi connectivity index (χ0v) is 13.2. The number of anilines is 1. The Morgan fingerprint density at radius 1 is 1.52 bits per heavy atom. The van der Waals surface area contributed by atoms with E-state index in [4.69, 9.17) is 10.00 Å². The van der Waals surface area contributed by atoms with Crippen molar-refractivity contribution in [1.82, 2.24) is 10.3 Å². The van der Waals surface area contributed by atoms with Crippen LogP contribution in [-0.2, 0) is 4.74 Å². The lowest BCUT2D eigenvalue weighted by atomic mass is 10.2. The number of likely N-dealkylation sites (N-methyl/N-ethyl adjacent to an activating group) is 1. The normalized spacial score (nSPS) is 12.2.